The van der Waals surface area contributed by atoms with E-state index in [2.05, 4.69) is 5.32 Å². The minimum absolute atomic E-state index is 0.0405. The van der Waals surface area contributed by atoms with Crippen LogP contribution in [-0.4, -0.2) is 42.3 Å². The van der Waals surface area contributed by atoms with Crippen LogP contribution in [0.4, 0.5) is 0 Å². The van der Waals surface area contributed by atoms with E-state index in [0.717, 1.165) is 12.0 Å². The van der Waals surface area contributed by atoms with E-state index in [1.165, 1.54) is 16.1 Å². The van der Waals surface area contributed by atoms with Gasteiger partial charge >= 0.3 is 0 Å². The highest BCUT2D eigenvalue weighted by Crippen LogP contribution is 2.30. The van der Waals surface area contributed by atoms with Crippen LogP contribution in [0.2, 0.25) is 0 Å². The van der Waals surface area contributed by atoms with Crippen molar-refractivity contribution in [1.82, 2.24) is 9.62 Å². The van der Waals surface area contributed by atoms with Crippen LogP contribution in [0.25, 0.3) is 0 Å². The average Bonchev–Trinajstić information content (AvgIpc) is 2.96. The average molecular weight is 357 g/mol. The minimum atomic E-state index is -3.67. The molecule has 1 aromatic rings. The van der Waals surface area contributed by atoms with E-state index in [9.17, 15) is 13.2 Å². The number of nitrogens with zero attached hydrogens (tertiary/aromatic N) is 1. The van der Waals surface area contributed by atoms with Crippen molar-refractivity contribution in [3.05, 3.63) is 29.3 Å². The number of thioether (sulfide) groups is 1. The van der Waals surface area contributed by atoms with Crippen LogP contribution in [0, 0.1) is 13.8 Å². The SMILES string of the molecule is CCC(C)NC(=O)C1CSCN1S(=O)(=O)c1ccc(C)cc1C. The summed E-state index contributed by atoms with van der Waals surface area (Å²) in [6, 6.07) is 4.67. The maximum absolute atomic E-state index is 13.0. The largest absolute Gasteiger partial charge is 0.352 e. The van der Waals surface area contributed by atoms with Crippen LogP contribution in [0.5, 0.6) is 0 Å². The van der Waals surface area contributed by atoms with Gasteiger partial charge in [0.05, 0.1) is 10.8 Å². The summed E-state index contributed by atoms with van der Waals surface area (Å²) in [6.45, 7) is 7.62. The van der Waals surface area contributed by atoms with Crippen LogP contribution < -0.4 is 5.32 Å². The summed E-state index contributed by atoms with van der Waals surface area (Å²) in [5.41, 5.74) is 1.73. The Balaban J connectivity index is 2.29. The number of rotatable bonds is 5. The number of hydrogen-bond acceptors (Lipinski definition) is 4. The summed E-state index contributed by atoms with van der Waals surface area (Å²) in [6.07, 6.45) is 0.815. The van der Waals surface area contributed by atoms with E-state index in [0.29, 0.717) is 17.2 Å². The van der Waals surface area contributed by atoms with Gasteiger partial charge in [-0.1, -0.05) is 24.6 Å². The van der Waals surface area contributed by atoms with Gasteiger partial charge in [-0.05, 0) is 38.8 Å². The Bertz CT molecular complexity index is 689. The standard InChI is InChI=1S/C16H24N2O3S2/c1-5-13(4)17-16(19)14-9-22-10-18(14)23(20,21)15-7-6-11(2)8-12(15)3/h6-8,13-14H,5,9-10H2,1-4H3,(H,17,19). The van der Waals surface area contributed by atoms with E-state index in [1.54, 1.807) is 19.1 Å². The van der Waals surface area contributed by atoms with Gasteiger partial charge in [0, 0.05) is 11.8 Å². The molecule has 23 heavy (non-hydrogen) atoms. The molecular weight excluding hydrogens is 332 g/mol. The second-order valence-corrected chi connectivity index (χ2v) is 8.85. The van der Waals surface area contributed by atoms with E-state index < -0.39 is 16.1 Å². The number of hydrogen-bond donors (Lipinski definition) is 1. The number of benzene rings is 1. The summed E-state index contributed by atoms with van der Waals surface area (Å²) in [5, 5.41) is 2.89. The summed E-state index contributed by atoms with van der Waals surface area (Å²) in [4.78, 5) is 12.7. The molecule has 2 unspecified atom stereocenters. The molecule has 1 amide bonds. The van der Waals surface area contributed by atoms with Gasteiger partial charge in [-0.15, -0.1) is 11.8 Å². The van der Waals surface area contributed by atoms with Crippen molar-refractivity contribution >= 4 is 27.7 Å². The van der Waals surface area contributed by atoms with Crippen molar-refractivity contribution in [3.8, 4) is 0 Å². The third-order valence-corrected chi connectivity index (χ3v) is 7.25. The van der Waals surface area contributed by atoms with Crippen molar-refractivity contribution in [1.29, 1.82) is 0 Å². The van der Waals surface area contributed by atoms with Crippen molar-refractivity contribution < 1.29 is 13.2 Å². The van der Waals surface area contributed by atoms with Crippen LogP contribution in [0.3, 0.4) is 0 Å². The molecule has 1 aromatic carbocycles. The molecule has 0 saturated carbocycles. The zero-order chi connectivity index (χ0) is 17.2. The highest BCUT2D eigenvalue weighted by Gasteiger charge is 2.40. The minimum Gasteiger partial charge on any atom is -0.352 e. The van der Waals surface area contributed by atoms with Gasteiger partial charge in [0.25, 0.3) is 0 Å². The van der Waals surface area contributed by atoms with Crippen molar-refractivity contribution in [2.45, 2.75) is 51.1 Å². The van der Waals surface area contributed by atoms with Gasteiger partial charge < -0.3 is 5.32 Å². The van der Waals surface area contributed by atoms with Crippen LogP contribution in [-0.2, 0) is 14.8 Å². The molecule has 7 heteroatoms. The maximum atomic E-state index is 13.0. The first-order valence-corrected chi connectivity index (χ1v) is 10.3. The lowest BCUT2D eigenvalue weighted by molar-refractivity contribution is -0.124. The Labute approximate surface area is 142 Å². The summed E-state index contributed by atoms with van der Waals surface area (Å²) in [7, 11) is -3.67. The van der Waals surface area contributed by atoms with Crippen molar-refractivity contribution in [3.63, 3.8) is 0 Å². The Morgan fingerprint density at radius 2 is 2.13 bits per heavy atom. The third kappa shape index (κ3) is 3.89. The van der Waals surface area contributed by atoms with Gasteiger partial charge in [0.1, 0.15) is 6.04 Å². The quantitative estimate of drug-likeness (QED) is 0.879. The lowest BCUT2D eigenvalue weighted by atomic mass is 10.2. The summed E-state index contributed by atoms with van der Waals surface area (Å²) in [5.74, 6) is 0.596. The molecule has 0 aromatic heterocycles. The highest BCUT2D eigenvalue weighted by atomic mass is 32.2. The monoisotopic (exact) mass is 356 g/mol. The highest BCUT2D eigenvalue weighted by molar-refractivity contribution is 8.00. The van der Waals surface area contributed by atoms with Crippen LogP contribution >= 0.6 is 11.8 Å². The molecule has 5 nitrogen and oxygen atoms in total. The maximum Gasteiger partial charge on any atom is 0.244 e. The number of nitrogens with one attached hydrogen (secondary N) is 1. The molecule has 1 fully saturated rings. The lowest BCUT2D eigenvalue weighted by Gasteiger charge is -2.24. The molecule has 0 bridgehead atoms. The zero-order valence-electron chi connectivity index (χ0n) is 14.0. The molecule has 1 saturated heterocycles. The normalized spacial score (nSPS) is 20.4. The fourth-order valence-electron chi connectivity index (χ4n) is 2.53. The number of aryl methyl sites for hydroxylation is 2. The fraction of sp³-hybridized carbons (Fsp3) is 0.562. The number of amides is 1. The number of carbonyl (C=O) groups excluding carboxylic acids is 1. The summed E-state index contributed by atoms with van der Waals surface area (Å²) < 4.78 is 27.3. The topological polar surface area (TPSA) is 66.5 Å². The molecule has 1 N–H and O–H groups in total. The first kappa shape index (κ1) is 18.3. The number of carbonyl (C=O) groups is 1. The Hall–Kier alpha value is -1.05. The Morgan fingerprint density at radius 1 is 1.43 bits per heavy atom. The van der Waals surface area contributed by atoms with Crippen LogP contribution in [0.15, 0.2) is 23.1 Å². The number of sulfonamides is 1. The fourth-order valence-corrected chi connectivity index (χ4v) is 5.88. The smallest absolute Gasteiger partial charge is 0.244 e. The Kier molecular flexibility index (Phi) is 5.75. The molecule has 1 aliphatic rings. The Morgan fingerprint density at radius 3 is 2.74 bits per heavy atom. The lowest BCUT2D eigenvalue weighted by Crippen LogP contribution is -2.49. The van der Waals surface area contributed by atoms with Crippen molar-refractivity contribution in [2.75, 3.05) is 11.6 Å². The van der Waals surface area contributed by atoms with Gasteiger partial charge in [-0.3, -0.25) is 4.79 Å². The van der Waals surface area contributed by atoms with Gasteiger partial charge in [-0.25, -0.2) is 8.42 Å². The molecule has 2 atom stereocenters. The third-order valence-electron chi connectivity index (χ3n) is 4.06. The van der Waals surface area contributed by atoms with Gasteiger partial charge in [-0.2, -0.15) is 4.31 Å². The van der Waals surface area contributed by atoms with E-state index in [-0.39, 0.29) is 16.8 Å². The van der Waals surface area contributed by atoms with Gasteiger partial charge in [0.15, 0.2) is 0 Å². The zero-order valence-corrected chi connectivity index (χ0v) is 15.6. The first-order valence-electron chi connectivity index (χ1n) is 7.74. The molecule has 2 rings (SSSR count). The van der Waals surface area contributed by atoms with E-state index >= 15 is 0 Å². The van der Waals surface area contributed by atoms with E-state index in [1.807, 2.05) is 26.8 Å². The molecule has 0 aliphatic carbocycles. The van der Waals surface area contributed by atoms with Gasteiger partial charge in [0.2, 0.25) is 15.9 Å². The summed E-state index contributed by atoms with van der Waals surface area (Å²) >= 11 is 1.47. The molecule has 1 heterocycles. The molecule has 0 radical (unpaired) electrons. The van der Waals surface area contributed by atoms with Crippen LogP contribution in [0.1, 0.15) is 31.4 Å². The second kappa shape index (κ2) is 7.23. The molecule has 0 spiro atoms. The first-order chi connectivity index (χ1) is 10.8. The molecular formula is C16H24N2O3S2. The van der Waals surface area contributed by atoms with Crippen molar-refractivity contribution in [2.24, 2.45) is 0 Å². The molecule has 128 valence electrons. The second-order valence-electron chi connectivity index (χ2n) is 5.99. The molecule has 1 aliphatic heterocycles. The predicted octanol–water partition coefficient (Wildman–Crippen LogP) is 2.28. The van der Waals surface area contributed by atoms with E-state index in [4.69, 9.17) is 0 Å². The predicted molar refractivity (Wildman–Crippen MR) is 93.9 cm³/mol.